The summed E-state index contributed by atoms with van der Waals surface area (Å²) >= 11 is 0. The fourth-order valence-electron chi connectivity index (χ4n) is 1.63. The molecule has 5 heteroatoms. The van der Waals surface area contributed by atoms with E-state index in [1.165, 1.54) is 23.8 Å². The molecular weight excluding hydrogens is 222 g/mol. The second-order valence-electron chi connectivity index (χ2n) is 3.38. The summed E-state index contributed by atoms with van der Waals surface area (Å²) in [6.07, 6.45) is 2.10. The maximum Gasteiger partial charge on any atom is 0.343 e. The summed E-state index contributed by atoms with van der Waals surface area (Å²) < 4.78 is 5.74. The molecule has 0 unspecified atom stereocenters. The van der Waals surface area contributed by atoms with E-state index < -0.39 is 11.5 Å². The molecule has 0 aliphatic rings. The lowest BCUT2D eigenvalue weighted by Crippen LogP contribution is -2.23. The molecule has 0 atom stereocenters. The molecule has 2 heterocycles. The van der Waals surface area contributed by atoms with E-state index in [9.17, 15) is 14.4 Å². The van der Waals surface area contributed by atoms with Crippen molar-refractivity contribution in [3.05, 3.63) is 51.9 Å². The van der Waals surface area contributed by atoms with E-state index in [-0.39, 0.29) is 11.1 Å². The van der Waals surface area contributed by atoms with Crippen molar-refractivity contribution in [1.29, 1.82) is 0 Å². The topological polar surface area (TPSA) is 64.8 Å². The molecule has 0 amide bonds. The van der Waals surface area contributed by atoms with Gasteiger partial charge in [-0.25, -0.2) is 4.79 Å². The van der Waals surface area contributed by atoms with Crippen molar-refractivity contribution in [3.63, 3.8) is 0 Å². The van der Waals surface area contributed by atoms with E-state index in [0.717, 1.165) is 0 Å². The number of nitrogens with zero attached hydrogens (tertiary/aromatic N) is 1. The summed E-state index contributed by atoms with van der Waals surface area (Å²) in [6.45, 7) is 0. The maximum absolute atomic E-state index is 11.9. The molecule has 2 aromatic heterocycles. The molecule has 0 aliphatic carbocycles. The molecule has 0 fully saturated rings. The smallest absolute Gasteiger partial charge is 0.343 e. The van der Waals surface area contributed by atoms with Crippen molar-refractivity contribution >= 4 is 17.8 Å². The van der Waals surface area contributed by atoms with Crippen LogP contribution in [0.2, 0.25) is 0 Å². The molecule has 86 valence electrons. The predicted octanol–water partition coefficient (Wildman–Crippen LogP) is 0.899. The van der Waals surface area contributed by atoms with Gasteiger partial charge in [-0.2, -0.15) is 0 Å². The third-order valence-electron chi connectivity index (χ3n) is 2.44. The summed E-state index contributed by atoms with van der Waals surface area (Å²) in [5, 5.41) is 0. The van der Waals surface area contributed by atoms with E-state index in [2.05, 4.69) is 4.74 Å². The fraction of sp³-hybridized carbons (Fsp3) is 0.0833. The molecule has 0 aromatic carbocycles. The second-order valence-corrected chi connectivity index (χ2v) is 3.38. The van der Waals surface area contributed by atoms with Crippen LogP contribution in [0.4, 0.5) is 0 Å². The Labute approximate surface area is 96.3 Å². The Balaban J connectivity index is 2.90. The number of hydrogen-bond acceptors (Lipinski definition) is 4. The van der Waals surface area contributed by atoms with E-state index in [1.807, 2.05) is 0 Å². The first kappa shape index (κ1) is 11.1. The quantitative estimate of drug-likeness (QED) is 0.569. The Kier molecular flexibility index (Phi) is 2.74. The lowest BCUT2D eigenvalue weighted by atomic mass is 10.1. The number of rotatable bonds is 2. The Hall–Kier alpha value is -2.43. The van der Waals surface area contributed by atoms with Gasteiger partial charge in [0.05, 0.1) is 12.6 Å². The average molecular weight is 231 g/mol. The van der Waals surface area contributed by atoms with Gasteiger partial charge in [-0.15, -0.1) is 0 Å². The van der Waals surface area contributed by atoms with Gasteiger partial charge < -0.3 is 4.74 Å². The summed E-state index contributed by atoms with van der Waals surface area (Å²) in [4.78, 5) is 34.3. The minimum atomic E-state index is -0.753. The highest BCUT2D eigenvalue weighted by Gasteiger charge is 2.15. The number of fused-ring (bicyclic) bond motifs is 1. The number of esters is 1. The number of ether oxygens (including phenoxy) is 1. The van der Waals surface area contributed by atoms with Crippen molar-refractivity contribution in [2.24, 2.45) is 0 Å². The van der Waals surface area contributed by atoms with Crippen LogP contribution in [0.3, 0.4) is 0 Å². The lowest BCUT2D eigenvalue weighted by molar-refractivity contribution is 0.0598. The van der Waals surface area contributed by atoms with Gasteiger partial charge >= 0.3 is 5.97 Å². The molecule has 17 heavy (non-hydrogen) atoms. The molecule has 5 nitrogen and oxygen atoms in total. The Morgan fingerprint density at radius 3 is 2.82 bits per heavy atom. The Morgan fingerprint density at radius 1 is 1.41 bits per heavy atom. The maximum atomic E-state index is 11.9. The number of pyridine rings is 2. The first-order chi connectivity index (χ1) is 8.19. The second kappa shape index (κ2) is 4.21. The van der Waals surface area contributed by atoms with Crippen LogP contribution in [0.15, 0.2) is 35.3 Å². The highest BCUT2D eigenvalue weighted by atomic mass is 16.5. The van der Waals surface area contributed by atoms with Crippen molar-refractivity contribution in [2.75, 3.05) is 7.11 Å². The summed E-state index contributed by atoms with van der Waals surface area (Å²) in [5.74, 6) is -0.753. The van der Waals surface area contributed by atoms with Gasteiger partial charge in [0.1, 0.15) is 5.56 Å². The number of carbonyl (C=O) groups excluding carboxylic acids is 2. The molecule has 0 bridgehead atoms. The van der Waals surface area contributed by atoms with Gasteiger partial charge in [-0.3, -0.25) is 14.0 Å². The van der Waals surface area contributed by atoms with Gasteiger partial charge in [-0.05, 0) is 18.2 Å². The van der Waals surface area contributed by atoms with Gasteiger partial charge in [0.2, 0.25) is 0 Å². The van der Waals surface area contributed by atoms with Crippen molar-refractivity contribution in [1.82, 2.24) is 4.40 Å². The van der Waals surface area contributed by atoms with Crippen molar-refractivity contribution in [3.8, 4) is 0 Å². The normalized spacial score (nSPS) is 10.2. The third-order valence-corrected chi connectivity index (χ3v) is 2.44. The molecule has 2 aromatic rings. The molecule has 0 aliphatic heterocycles. The molecule has 0 saturated carbocycles. The van der Waals surface area contributed by atoms with Gasteiger partial charge in [-0.1, -0.05) is 6.07 Å². The van der Waals surface area contributed by atoms with Gasteiger partial charge in [0.25, 0.3) is 5.56 Å². The molecule has 0 saturated heterocycles. The first-order valence-corrected chi connectivity index (χ1v) is 4.87. The van der Waals surface area contributed by atoms with Crippen LogP contribution in [0.25, 0.3) is 5.52 Å². The number of aromatic nitrogens is 1. The Morgan fingerprint density at radius 2 is 2.18 bits per heavy atom. The Bertz CT molecular complexity index is 657. The van der Waals surface area contributed by atoms with Crippen molar-refractivity contribution in [2.45, 2.75) is 0 Å². The fourth-order valence-corrected chi connectivity index (χ4v) is 1.63. The van der Waals surface area contributed by atoms with Crippen LogP contribution in [0.1, 0.15) is 20.7 Å². The summed E-state index contributed by atoms with van der Waals surface area (Å²) in [5.41, 5.74) is 0.0714. The van der Waals surface area contributed by atoms with Crippen LogP contribution in [-0.4, -0.2) is 23.8 Å². The number of aldehydes is 1. The minimum Gasteiger partial charge on any atom is -0.465 e. The first-order valence-electron chi connectivity index (χ1n) is 4.87. The largest absolute Gasteiger partial charge is 0.465 e. The third kappa shape index (κ3) is 1.71. The van der Waals surface area contributed by atoms with Crippen LogP contribution in [-0.2, 0) is 4.74 Å². The molecule has 2 rings (SSSR count). The lowest BCUT2D eigenvalue weighted by Gasteiger charge is -2.05. The van der Waals surface area contributed by atoms with Crippen LogP contribution in [0.5, 0.6) is 0 Å². The zero-order chi connectivity index (χ0) is 12.4. The molecule has 0 spiro atoms. The van der Waals surface area contributed by atoms with E-state index >= 15 is 0 Å². The standard InChI is InChI=1S/C12H9NO4/c1-17-12(16)9-6-8(7-14)10-4-2-3-5-13(10)11(9)15/h2-7H,1H3. The predicted molar refractivity (Wildman–Crippen MR) is 60.4 cm³/mol. The zero-order valence-electron chi connectivity index (χ0n) is 9.04. The average Bonchev–Trinajstić information content (AvgIpc) is 2.39. The van der Waals surface area contributed by atoms with Crippen LogP contribution in [0, 0.1) is 0 Å². The summed E-state index contributed by atoms with van der Waals surface area (Å²) in [6, 6.07) is 6.23. The van der Waals surface area contributed by atoms with E-state index in [0.29, 0.717) is 11.8 Å². The SMILES string of the molecule is COC(=O)c1cc(C=O)c2ccccn2c1=O. The molecular formula is C12H9NO4. The highest BCUT2D eigenvalue weighted by molar-refractivity contribution is 5.94. The monoisotopic (exact) mass is 231 g/mol. The zero-order valence-corrected chi connectivity index (χ0v) is 9.04. The highest BCUT2D eigenvalue weighted by Crippen LogP contribution is 2.08. The van der Waals surface area contributed by atoms with E-state index in [4.69, 9.17) is 0 Å². The van der Waals surface area contributed by atoms with Crippen molar-refractivity contribution < 1.29 is 14.3 Å². The molecule has 0 N–H and O–H groups in total. The van der Waals surface area contributed by atoms with Gasteiger partial charge in [0.15, 0.2) is 6.29 Å². The number of carbonyl (C=O) groups is 2. The summed E-state index contributed by atoms with van der Waals surface area (Å²) in [7, 11) is 1.18. The van der Waals surface area contributed by atoms with E-state index in [1.54, 1.807) is 18.2 Å². The van der Waals surface area contributed by atoms with Crippen LogP contribution >= 0.6 is 0 Å². The molecule has 0 radical (unpaired) electrons. The van der Waals surface area contributed by atoms with Gasteiger partial charge in [0, 0.05) is 11.8 Å². The number of hydrogen-bond donors (Lipinski definition) is 0. The number of methoxy groups -OCH3 is 1. The van der Waals surface area contributed by atoms with Crippen LogP contribution < -0.4 is 5.56 Å². The minimum absolute atomic E-state index is 0.154.